The second-order valence-electron chi connectivity index (χ2n) is 12.5. The first kappa shape index (κ1) is 29.5. The molecule has 1 atom stereocenters. The summed E-state index contributed by atoms with van der Waals surface area (Å²) in [6.07, 6.45) is 4.86. The highest BCUT2D eigenvalue weighted by Crippen LogP contribution is 2.53. The van der Waals surface area contributed by atoms with E-state index in [0.717, 1.165) is 25.3 Å². The fourth-order valence-corrected chi connectivity index (χ4v) is 8.10. The van der Waals surface area contributed by atoms with E-state index in [1.54, 1.807) is 6.07 Å². The van der Waals surface area contributed by atoms with Crippen molar-refractivity contribution < 1.29 is 32.2 Å². The first-order valence-electron chi connectivity index (χ1n) is 14.8. The Bertz CT molecular complexity index is 1910. The van der Waals surface area contributed by atoms with E-state index in [4.69, 9.17) is 9.47 Å². The Morgan fingerprint density at radius 1 is 1.16 bits per heavy atom. The van der Waals surface area contributed by atoms with E-state index in [-0.39, 0.29) is 46.0 Å². The molecule has 0 bridgehead atoms. The summed E-state index contributed by atoms with van der Waals surface area (Å²) < 4.78 is 58.5. The zero-order chi connectivity index (χ0) is 31.6. The number of benzene rings is 2. The average Bonchev–Trinajstić information content (AvgIpc) is 3.44. The van der Waals surface area contributed by atoms with Crippen molar-refractivity contribution in [2.45, 2.75) is 50.2 Å². The molecule has 4 heterocycles. The molecule has 3 saturated heterocycles. The summed E-state index contributed by atoms with van der Waals surface area (Å²) >= 11 is 0. The lowest BCUT2D eigenvalue weighted by atomic mass is 9.87. The van der Waals surface area contributed by atoms with E-state index in [1.165, 1.54) is 38.3 Å². The lowest BCUT2D eigenvalue weighted by molar-refractivity contribution is -0.0396. The Balaban J connectivity index is 1.13. The zero-order valence-corrected chi connectivity index (χ0v) is 25.1. The van der Waals surface area contributed by atoms with Crippen molar-refractivity contribution >= 4 is 32.9 Å². The Morgan fingerprint density at radius 3 is 2.62 bits per heavy atom. The number of carboxylic acid groups (broad SMARTS) is 1. The van der Waals surface area contributed by atoms with Crippen LogP contribution in [0.25, 0.3) is 10.9 Å². The molecule has 7 rings (SSSR count). The minimum Gasteiger partial charge on any atom is -0.465 e. The third-order valence-corrected chi connectivity index (χ3v) is 11.1. The number of hydrogen-bond acceptors (Lipinski definition) is 8. The van der Waals surface area contributed by atoms with E-state index in [9.17, 15) is 28.4 Å². The smallest absolute Gasteiger partial charge is 0.407 e. The van der Waals surface area contributed by atoms with Gasteiger partial charge in [-0.1, -0.05) is 0 Å². The topological polar surface area (TPSA) is 167 Å². The molecule has 236 valence electrons. The van der Waals surface area contributed by atoms with Gasteiger partial charge in [0.2, 0.25) is 0 Å². The van der Waals surface area contributed by atoms with Gasteiger partial charge < -0.3 is 19.5 Å². The van der Waals surface area contributed by atoms with Crippen LogP contribution in [0.15, 0.2) is 41.5 Å². The molecule has 1 aliphatic carbocycles. The van der Waals surface area contributed by atoms with Crippen LogP contribution >= 0.6 is 0 Å². The normalized spacial score (nSPS) is 22.1. The van der Waals surface area contributed by atoms with Gasteiger partial charge in [0.05, 0.1) is 41.2 Å². The van der Waals surface area contributed by atoms with Crippen LogP contribution in [0.2, 0.25) is 0 Å². The van der Waals surface area contributed by atoms with Gasteiger partial charge in [0.1, 0.15) is 17.4 Å². The summed E-state index contributed by atoms with van der Waals surface area (Å²) in [5, 5.41) is 19.4. The van der Waals surface area contributed by atoms with E-state index in [2.05, 4.69) is 9.71 Å². The maximum absolute atomic E-state index is 15.1. The van der Waals surface area contributed by atoms with Crippen LogP contribution in [0.3, 0.4) is 0 Å². The van der Waals surface area contributed by atoms with Crippen molar-refractivity contribution in [1.29, 1.82) is 5.26 Å². The summed E-state index contributed by atoms with van der Waals surface area (Å²) in [5.74, 6) is -1.29. The highest BCUT2D eigenvalue weighted by atomic mass is 32.2. The van der Waals surface area contributed by atoms with Crippen LogP contribution in [0.1, 0.15) is 50.1 Å². The van der Waals surface area contributed by atoms with Gasteiger partial charge in [-0.05, 0) is 74.3 Å². The molecule has 15 heteroatoms. The largest absolute Gasteiger partial charge is 0.465 e. The van der Waals surface area contributed by atoms with Crippen LogP contribution in [-0.2, 0) is 14.9 Å². The van der Waals surface area contributed by atoms with Crippen LogP contribution in [0.5, 0.6) is 11.5 Å². The van der Waals surface area contributed by atoms with Crippen LogP contribution < -0.4 is 15.0 Å². The number of likely N-dealkylation sites (tertiary alicyclic amines) is 1. The number of ether oxygens (including phenoxy) is 2. The SMILES string of the molecule is N#Cc1c(NS(=O)(=O)N2CCC3(CC3)C2)ccc(F)c1Oc1ccc2ncn(C3COC4(CCN(C(=O)O)CC4)C3)c(=O)c2c1. The van der Waals surface area contributed by atoms with Gasteiger partial charge in [-0.15, -0.1) is 0 Å². The Labute approximate surface area is 258 Å². The van der Waals surface area contributed by atoms with E-state index in [0.29, 0.717) is 51.0 Å². The van der Waals surface area contributed by atoms with Crippen molar-refractivity contribution in [3.05, 3.63) is 58.4 Å². The number of piperidine rings is 1. The molecule has 3 aliphatic heterocycles. The predicted octanol–water partition coefficient (Wildman–Crippen LogP) is 3.82. The van der Waals surface area contributed by atoms with Crippen LogP contribution in [0, 0.1) is 22.6 Å². The Morgan fingerprint density at radius 2 is 1.93 bits per heavy atom. The average molecular weight is 639 g/mol. The molecular formula is C30H31FN6O7S. The molecule has 2 N–H and O–H groups in total. The molecule has 1 saturated carbocycles. The number of nitrogens with zero attached hydrogens (tertiary/aromatic N) is 5. The number of nitrogens with one attached hydrogen (secondary N) is 1. The quantitative estimate of drug-likeness (QED) is 0.408. The van der Waals surface area contributed by atoms with Gasteiger partial charge >= 0.3 is 16.3 Å². The van der Waals surface area contributed by atoms with Crippen LogP contribution in [0.4, 0.5) is 14.9 Å². The van der Waals surface area contributed by atoms with E-state index >= 15 is 4.39 Å². The molecule has 4 fully saturated rings. The maximum atomic E-state index is 15.1. The van der Waals surface area contributed by atoms with Crippen molar-refractivity contribution in [3.63, 3.8) is 0 Å². The van der Waals surface area contributed by atoms with Gasteiger partial charge in [0, 0.05) is 26.2 Å². The second kappa shape index (κ2) is 10.7. The molecular weight excluding hydrogens is 607 g/mol. The lowest BCUT2D eigenvalue weighted by Crippen LogP contribution is -2.46. The molecule has 2 aromatic carbocycles. The highest BCUT2D eigenvalue weighted by Gasteiger charge is 2.50. The lowest BCUT2D eigenvalue weighted by Gasteiger charge is -2.37. The summed E-state index contributed by atoms with van der Waals surface area (Å²) in [6, 6.07) is 8.20. The van der Waals surface area contributed by atoms with E-state index < -0.39 is 33.5 Å². The second-order valence-corrected chi connectivity index (χ2v) is 14.1. The zero-order valence-electron chi connectivity index (χ0n) is 24.2. The predicted molar refractivity (Wildman–Crippen MR) is 159 cm³/mol. The third kappa shape index (κ3) is 5.36. The first-order valence-corrected chi connectivity index (χ1v) is 16.3. The van der Waals surface area contributed by atoms with Crippen molar-refractivity contribution in [2.24, 2.45) is 5.41 Å². The number of carbonyl (C=O) groups is 1. The standard InChI is InChI=1S/C30H31FN6O7S/c31-23-2-4-25(34-45(41,42)36-12-7-29(17-36)5-6-29)22(15-32)26(23)44-20-1-3-24-21(13-20)27(38)37(18-33-24)19-14-30(43-16-19)8-10-35(11-9-30)28(39)40/h1-4,13,18-19,34H,5-12,14,16-17H2,(H,39,40). The van der Waals surface area contributed by atoms with Crippen molar-refractivity contribution in [3.8, 4) is 17.6 Å². The number of aromatic nitrogens is 2. The highest BCUT2D eigenvalue weighted by molar-refractivity contribution is 7.90. The number of hydrogen-bond donors (Lipinski definition) is 2. The number of rotatable bonds is 6. The van der Waals surface area contributed by atoms with Gasteiger partial charge in [0.15, 0.2) is 11.6 Å². The summed E-state index contributed by atoms with van der Waals surface area (Å²) in [4.78, 5) is 30.7. The number of amides is 1. The summed E-state index contributed by atoms with van der Waals surface area (Å²) in [6.45, 7) is 1.78. The summed E-state index contributed by atoms with van der Waals surface area (Å²) in [7, 11) is -3.98. The minimum absolute atomic E-state index is 0.0549. The minimum atomic E-state index is -3.98. The maximum Gasteiger partial charge on any atom is 0.407 e. The first-order chi connectivity index (χ1) is 21.5. The monoisotopic (exact) mass is 638 g/mol. The fraction of sp³-hybridized carbons (Fsp3) is 0.467. The van der Waals surface area contributed by atoms with Gasteiger partial charge in [-0.2, -0.15) is 18.0 Å². The molecule has 3 aromatic rings. The van der Waals surface area contributed by atoms with Crippen molar-refractivity contribution in [1.82, 2.24) is 18.8 Å². The number of halogens is 1. The van der Waals surface area contributed by atoms with Gasteiger partial charge in [-0.25, -0.2) is 14.2 Å². The van der Waals surface area contributed by atoms with E-state index in [1.807, 2.05) is 6.07 Å². The number of nitriles is 1. The Hall–Kier alpha value is -4.26. The number of fused-ring (bicyclic) bond motifs is 1. The molecule has 2 spiro atoms. The molecule has 1 unspecified atom stereocenters. The molecule has 13 nitrogen and oxygen atoms in total. The van der Waals surface area contributed by atoms with Gasteiger partial charge in [0.25, 0.3) is 5.56 Å². The fourth-order valence-electron chi connectivity index (χ4n) is 6.75. The molecule has 1 amide bonds. The molecule has 45 heavy (non-hydrogen) atoms. The molecule has 1 aromatic heterocycles. The number of anilines is 1. The summed E-state index contributed by atoms with van der Waals surface area (Å²) in [5.41, 5.74) is -0.875. The Kier molecular flexibility index (Phi) is 6.99. The van der Waals surface area contributed by atoms with Crippen LogP contribution in [-0.4, -0.2) is 76.8 Å². The van der Waals surface area contributed by atoms with Crippen molar-refractivity contribution in [2.75, 3.05) is 37.5 Å². The molecule has 4 aliphatic rings. The third-order valence-electron chi connectivity index (χ3n) is 9.66. The van der Waals surface area contributed by atoms with Gasteiger partial charge in [-0.3, -0.25) is 14.1 Å². The molecule has 0 radical (unpaired) electrons.